The van der Waals surface area contributed by atoms with Gasteiger partial charge in [-0.2, -0.15) is 0 Å². The minimum absolute atomic E-state index is 0.0293. The number of carbonyl (C=O) groups excluding carboxylic acids is 2. The van der Waals surface area contributed by atoms with Crippen molar-refractivity contribution in [2.45, 2.75) is 83.2 Å². The van der Waals surface area contributed by atoms with E-state index in [2.05, 4.69) is 88.7 Å². The van der Waals surface area contributed by atoms with Gasteiger partial charge in [0.25, 0.3) is 0 Å². The van der Waals surface area contributed by atoms with Gasteiger partial charge in [0.05, 0.1) is 0 Å². The average Bonchev–Trinajstić information content (AvgIpc) is 3.06. The maximum absolute atomic E-state index is 14.3. The largest absolute Gasteiger partial charge is 0.368 e. The molecule has 0 spiro atoms. The van der Waals surface area contributed by atoms with Crippen molar-refractivity contribution in [2.24, 2.45) is 5.92 Å². The Labute approximate surface area is 257 Å². The molecule has 0 N–H and O–H groups in total. The summed E-state index contributed by atoms with van der Waals surface area (Å²) in [6, 6.07) is 29.3. The Morgan fingerprint density at radius 2 is 1.21 bits per heavy atom. The predicted molar refractivity (Wildman–Crippen MR) is 176 cm³/mol. The summed E-state index contributed by atoms with van der Waals surface area (Å²) in [5, 5.41) is 0. The molecule has 3 heterocycles. The van der Waals surface area contributed by atoms with Crippen molar-refractivity contribution in [3.8, 4) is 0 Å². The molecule has 0 bridgehead atoms. The molecular formula is C38H47N3O2. The molecule has 5 heteroatoms. The van der Waals surface area contributed by atoms with Crippen molar-refractivity contribution in [1.29, 1.82) is 0 Å². The molecule has 3 fully saturated rings. The minimum Gasteiger partial charge on any atom is -0.368 e. The van der Waals surface area contributed by atoms with Gasteiger partial charge in [0.1, 0.15) is 0 Å². The van der Waals surface area contributed by atoms with E-state index in [-0.39, 0.29) is 17.6 Å². The molecule has 1 amide bonds. The highest BCUT2D eigenvalue weighted by Gasteiger charge is 2.33. The van der Waals surface area contributed by atoms with E-state index >= 15 is 0 Å². The van der Waals surface area contributed by atoms with Crippen molar-refractivity contribution in [2.75, 3.05) is 36.0 Å². The molecule has 3 aliphatic heterocycles. The lowest BCUT2D eigenvalue weighted by Crippen LogP contribution is -2.43. The molecular weight excluding hydrogens is 530 g/mol. The van der Waals surface area contributed by atoms with Gasteiger partial charge in [-0.25, -0.2) is 0 Å². The SMILES string of the molecule is CC(=O)N1CCC(C(=O)c2ccc(N3CCCCC3Cc3ccccc3)cc2N2CCCCC2Cc2ccccc2)CC1. The molecule has 226 valence electrons. The van der Waals surface area contributed by atoms with Crippen LogP contribution in [-0.2, 0) is 17.6 Å². The summed E-state index contributed by atoms with van der Waals surface area (Å²) in [5.41, 5.74) is 6.01. The summed E-state index contributed by atoms with van der Waals surface area (Å²) in [6.07, 6.45) is 10.7. The maximum atomic E-state index is 14.3. The molecule has 0 radical (unpaired) electrons. The number of amides is 1. The number of rotatable bonds is 8. The van der Waals surface area contributed by atoms with E-state index in [0.717, 1.165) is 62.9 Å². The van der Waals surface area contributed by atoms with E-state index in [9.17, 15) is 9.59 Å². The Bertz CT molecular complexity index is 1370. The predicted octanol–water partition coefficient (Wildman–Crippen LogP) is 7.33. The Morgan fingerprint density at radius 1 is 0.651 bits per heavy atom. The van der Waals surface area contributed by atoms with Gasteiger partial charge in [-0.3, -0.25) is 9.59 Å². The van der Waals surface area contributed by atoms with Crippen LogP contribution in [0.4, 0.5) is 11.4 Å². The van der Waals surface area contributed by atoms with E-state index in [1.807, 2.05) is 4.90 Å². The standard InChI is InChI=1S/C38H47N3O2/c1-29(42)39-24-20-32(21-25-39)38(43)36-19-18-35(40-22-10-8-16-33(40)26-30-12-4-2-5-13-30)28-37(36)41-23-11-9-17-34(41)27-31-14-6-3-7-15-31/h2-7,12-15,18-19,28,32-34H,8-11,16-17,20-27H2,1H3. The van der Waals surface area contributed by atoms with Crippen LogP contribution in [0, 0.1) is 5.92 Å². The zero-order chi connectivity index (χ0) is 29.6. The Morgan fingerprint density at radius 3 is 1.79 bits per heavy atom. The molecule has 0 saturated carbocycles. The second kappa shape index (κ2) is 13.8. The Balaban J connectivity index is 1.33. The Hall–Kier alpha value is -3.60. The number of ketones is 1. The summed E-state index contributed by atoms with van der Waals surface area (Å²) in [7, 11) is 0. The lowest BCUT2D eigenvalue weighted by Gasteiger charge is -2.41. The summed E-state index contributed by atoms with van der Waals surface area (Å²) in [4.78, 5) is 33.3. The zero-order valence-electron chi connectivity index (χ0n) is 25.8. The number of piperidine rings is 3. The number of carbonyl (C=O) groups is 2. The van der Waals surface area contributed by atoms with Gasteiger partial charge < -0.3 is 14.7 Å². The summed E-state index contributed by atoms with van der Waals surface area (Å²) < 4.78 is 0. The fourth-order valence-electron chi connectivity index (χ4n) is 7.68. The molecule has 43 heavy (non-hydrogen) atoms. The fourth-order valence-corrected chi connectivity index (χ4v) is 7.68. The fraction of sp³-hybridized carbons (Fsp3) is 0.474. The van der Waals surface area contributed by atoms with Crippen LogP contribution in [0.2, 0.25) is 0 Å². The van der Waals surface area contributed by atoms with Crippen LogP contribution in [-0.4, -0.2) is 54.9 Å². The van der Waals surface area contributed by atoms with E-state index in [0.29, 0.717) is 25.2 Å². The third-order valence-electron chi connectivity index (χ3n) is 10.1. The van der Waals surface area contributed by atoms with Gasteiger partial charge in [-0.15, -0.1) is 0 Å². The highest BCUT2D eigenvalue weighted by Crippen LogP contribution is 2.37. The van der Waals surface area contributed by atoms with Gasteiger partial charge in [0.2, 0.25) is 5.91 Å². The Kier molecular flexibility index (Phi) is 9.45. The van der Waals surface area contributed by atoms with E-state index < -0.39 is 0 Å². The first-order valence-corrected chi connectivity index (χ1v) is 16.6. The van der Waals surface area contributed by atoms with Crippen LogP contribution in [0.5, 0.6) is 0 Å². The molecule has 2 atom stereocenters. The van der Waals surface area contributed by atoms with Crippen LogP contribution in [0.25, 0.3) is 0 Å². The van der Waals surface area contributed by atoms with E-state index in [4.69, 9.17) is 0 Å². The molecule has 0 aliphatic carbocycles. The van der Waals surface area contributed by atoms with Crippen molar-refractivity contribution < 1.29 is 9.59 Å². The molecule has 0 aromatic heterocycles. The number of anilines is 2. The zero-order valence-corrected chi connectivity index (χ0v) is 25.8. The summed E-state index contributed by atoms with van der Waals surface area (Å²) in [5.74, 6) is 0.339. The van der Waals surface area contributed by atoms with Gasteiger partial charge in [-0.1, -0.05) is 60.7 Å². The number of Topliss-reactive ketones (excluding diaryl/α,β-unsaturated/α-hetero) is 1. The second-order valence-electron chi connectivity index (χ2n) is 12.9. The van der Waals surface area contributed by atoms with Gasteiger partial charge in [0, 0.05) is 68.0 Å². The third kappa shape index (κ3) is 6.98. The maximum Gasteiger partial charge on any atom is 0.219 e. The average molecular weight is 578 g/mol. The molecule has 2 unspecified atom stereocenters. The highest BCUT2D eigenvalue weighted by atomic mass is 16.2. The smallest absolute Gasteiger partial charge is 0.219 e. The van der Waals surface area contributed by atoms with Crippen LogP contribution in [0.3, 0.4) is 0 Å². The summed E-state index contributed by atoms with van der Waals surface area (Å²) in [6.45, 7) is 5.02. The molecule has 3 aliphatic rings. The minimum atomic E-state index is -0.0293. The summed E-state index contributed by atoms with van der Waals surface area (Å²) >= 11 is 0. The quantitative estimate of drug-likeness (QED) is 0.263. The molecule has 6 rings (SSSR count). The van der Waals surface area contributed by atoms with Crippen LogP contribution in [0.1, 0.15) is 79.8 Å². The van der Waals surface area contributed by atoms with Crippen molar-refractivity contribution >= 4 is 23.1 Å². The van der Waals surface area contributed by atoms with Gasteiger partial charge in [-0.05, 0) is 93.5 Å². The van der Waals surface area contributed by atoms with Crippen LogP contribution >= 0.6 is 0 Å². The lowest BCUT2D eigenvalue weighted by atomic mass is 9.86. The van der Waals surface area contributed by atoms with Crippen LogP contribution < -0.4 is 9.80 Å². The van der Waals surface area contributed by atoms with Crippen molar-refractivity contribution in [3.63, 3.8) is 0 Å². The first-order chi connectivity index (χ1) is 21.1. The van der Waals surface area contributed by atoms with Gasteiger partial charge in [0.15, 0.2) is 5.78 Å². The number of hydrogen-bond acceptors (Lipinski definition) is 4. The number of benzene rings is 3. The first-order valence-electron chi connectivity index (χ1n) is 16.6. The molecule has 3 aromatic carbocycles. The number of hydrogen-bond donors (Lipinski definition) is 0. The molecule has 3 aromatic rings. The first kappa shape index (κ1) is 29.5. The monoisotopic (exact) mass is 577 g/mol. The second-order valence-corrected chi connectivity index (χ2v) is 12.9. The molecule has 5 nitrogen and oxygen atoms in total. The van der Waals surface area contributed by atoms with E-state index in [1.54, 1.807) is 6.92 Å². The number of likely N-dealkylation sites (tertiary alicyclic amines) is 1. The van der Waals surface area contributed by atoms with Gasteiger partial charge >= 0.3 is 0 Å². The van der Waals surface area contributed by atoms with Crippen molar-refractivity contribution in [1.82, 2.24) is 4.90 Å². The molecule has 3 saturated heterocycles. The van der Waals surface area contributed by atoms with Crippen LogP contribution in [0.15, 0.2) is 78.9 Å². The van der Waals surface area contributed by atoms with E-state index in [1.165, 1.54) is 42.5 Å². The number of nitrogens with zero attached hydrogens (tertiary/aromatic N) is 3. The third-order valence-corrected chi connectivity index (χ3v) is 10.1. The topological polar surface area (TPSA) is 43.9 Å². The normalized spacial score (nSPS) is 21.6. The van der Waals surface area contributed by atoms with Crippen molar-refractivity contribution in [3.05, 3.63) is 95.6 Å². The highest BCUT2D eigenvalue weighted by molar-refractivity contribution is 6.03. The lowest BCUT2D eigenvalue weighted by molar-refractivity contribution is -0.130.